The van der Waals surface area contributed by atoms with Gasteiger partial charge >= 0.3 is 11.0 Å². The Hall–Kier alpha value is -5.18. The first kappa shape index (κ1) is 36.8. The standard InChI is InChI=1S/C24H31N6S.C20H18N3S/c1-5-13-28(14-6-1)24(29-15-7-2-8-16-29)31-18-20-10-3-4-11-21(20)27-22-12-9-17-30-23(22)25-19-26-30;1-22-17-10-5-6-11-18(17)23(14-15-24-19-12-7-13-21-19)20(22)16-8-3-2-4-9-16/h3-4,9-12,17,19,27H,1-2,5-8,13-16,18H2;2-6,8-12,21H,7,13H2,1H3/q2*+1. The highest BCUT2D eigenvalue weighted by molar-refractivity contribution is 8.12. The number of anilines is 2. The highest BCUT2D eigenvalue weighted by Crippen LogP contribution is 2.29. The Balaban J connectivity index is 0.000000160. The Morgan fingerprint density at radius 2 is 1.62 bits per heavy atom. The third-order valence-corrected chi connectivity index (χ3v) is 12.3. The molecule has 2 saturated heterocycles. The van der Waals surface area contributed by atoms with Crippen molar-refractivity contribution in [3.8, 4) is 22.7 Å². The summed E-state index contributed by atoms with van der Waals surface area (Å²) in [6.45, 7) is 5.82. The van der Waals surface area contributed by atoms with Crippen LogP contribution in [0.2, 0.25) is 0 Å². The number of fused-ring (bicyclic) bond motifs is 2. The SMILES string of the molecule is C[n+]1c(-c2ccccc2)n(C#CSC2=CCCN2)c2ccccc21.c1ccc(Nc2cccn3ncnc23)c(CSC(N2CCCCC2)=[N+]2CCCCC2)c1. The van der Waals surface area contributed by atoms with Crippen LogP contribution in [0.1, 0.15) is 50.5 Å². The van der Waals surface area contributed by atoms with Gasteiger partial charge in [0.05, 0.1) is 49.5 Å². The second-order valence-electron chi connectivity index (χ2n) is 14.1. The molecule has 0 aliphatic carbocycles. The zero-order valence-corrected chi connectivity index (χ0v) is 33.2. The Labute approximate surface area is 332 Å². The molecule has 0 saturated carbocycles. The van der Waals surface area contributed by atoms with Crippen LogP contribution in [0, 0.1) is 11.3 Å². The Kier molecular flexibility index (Phi) is 12.0. The number of hydrogen-bond donors (Lipinski definition) is 2. The van der Waals surface area contributed by atoms with Crippen LogP contribution < -0.4 is 15.2 Å². The monoisotopic (exact) mass is 767 g/mol. The van der Waals surface area contributed by atoms with E-state index < -0.39 is 0 Å². The summed E-state index contributed by atoms with van der Waals surface area (Å²) in [6.07, 6.45) is 14.8. The van der Waals surface area contributed by atoms with E-state index in [-0.39, 0.29) is 0 Å². The second-order valence-corrected chi connectivity index (χ2v) is 15.9. The van der Waals surface area contributed by atoms with Gasteiger partial charge in [-0.15, -0.1) is 4.57 Å². The molecule has 0 unspecified atom stereocenters. The van der Waals surface area contributed by atoms with Gasteiger partial charge in [0.15, 0.2) is 16.7 Å². The third kappa shape index (κ3) is 8.71. The fraction of sp³-hybridized carbons (Fsp3) is 0.318. The maximum absolute atomic E-state index is 4.41. The van der Waals surface area contributed by atoms with Crippen molar-refractivity contribution in [1.29, 1.82) is 0 Å². The first-order chi connectivity index (χ1) is 27.2. The minimum Gasteiger partial charge on any atom is -0.379 e. The van der Waals surface area contributed by atoms with Crippen LogP contribution in [-0.4, -0.2) is 66.5 Å². The number of amidine groups is 1. The van der Waals surface area contributed by atoms with Crippen molar-refractivity contribution >= 4 is 56.7 Å². The molecule has 3 aliphatic rings. The predicted octanol–water partition coefficient (Wildman–Crippen LogP) is 8.21. The summed E-state index contributed by atoms with van der Waals surface area (Å²) in [6, 6.07) is 34.8. The van der Waals surface area contributed by atoms with E-state index in [4.69, 9.17) is 0 Å². The van der Waals surface area contributed by atoms with Gasteiger partial charge in [-0.3, -0.25) is 9.48 Å². The lowest BCUT2D eigenvalue weighted by molar-refractivity contribution is -0.633. The molecular formula is C44H49N9S2+2. The Bertz CT molecular complexity index is 2350. The van der Waals surface area contributed by atoms with Gasteiger partial charge in [0, 0.05) is 29.4 Å². The van der Waals surface area contributed by atoms with Crippen LogP contribution in [0.3, 0.4) is 0 Å². The molecule has 0 radical (unpaired) electrons. The maximum atomic E-state index is 4.41. The van der Waals surface area contributed by atoms with Gasteiger partial charge in [0.2, 0.25) is 0 Å². The lowest BCUT2D eigenvalue weighted by Gasteiger charge is -2.27. The number of aromatic nitrogens is 5. The number of hydrogen-bond acceptors (Lipinski definition) is 6. The molecule has 6 heterocycles. The summed E-state index contributed by atoms with van der Waals surface area (Å²) >= 11 is 3.57. The maximum Gasteiger partial charge on any atom is 0.308 e. The highest BCUT2D eigenvalue weighted by atomic mass is 32.2. The fourth-order valence-electron chi connectivity index (χ4n) is 7.56. The number of imidazole rings is 1. The predicted molar refractivity (Wildman–Crippen MR) is 228 cm³/mol. The minimum atomic E-state index is 0.846. The quantitative estimate of drug-likeness (QED) is 0.101. The third-order valence-electron chi connectivity index (χ3n) is 10.3. The first-order valence-corrected chi connectivity index (χ1v) is 21.3. The molecule has 9 nitrogen and oxygen atoms in total. The molecule has 0 atom stereocenters. The molecule has 3 aromatic carbocycles. The van der Waals surface area contributed by atoms with E-state index in [0.717, 1.165) is 57.7 Å². The summed E-state index contributed by atoms with van der Waals surface area (Å²) in [5.41, 5.74) is 7.75. The van der Waals surface area contributed by atoms with Gasteiger partial charge in [-0.1, -0.05) is 54.6 Å². The van der Waals surface area contributed by atoms with Gasteiger partial charge in [-0.25, -0.2) is 14.1 Å². The van der Waals surface area contributed by atoms with Crippen LogP contribution in [0.4, 0.5) is 11.4 Å². The molecule has 11 heteroatoms. The number of benzene rings is 3. The molecule has 0 spiro atoms. The lowest BCUT2D eigenvalue weighted by Crippen LogP contribution is -2.41. The molecule has 0 bridgehead atoms. The highest BCUT2D eigenvalue weighted by Gasteiger charge is 2.27. The zero-order valence-electron chi connectivity index (χ0n) is 31.5. The summed E-state index contributed by atoms with van der Waals surface area (Å²) in [7, 11) is 2.09. The van der Waals surface area contributed by atoms with Crippen molar-refractivity contribution in [2.24, 2.45) is 7.05 Å². The van der Waals surface area contributed by atoms with Crippen molar-refractivity contribution in [3.05, 3.63) is 120 Å². The van der Waals surface area contributed by atoms with Gasteiger partial charge in [0.25, 0.3) is 0 Å². The van der Waals surface area contributed by atoms with Crippen molar-refractivity contribution in [2.75, 3.05) is 38.0 Å². The number of piperidine rings is 2. The number of aryl methyl sites for hydroxylation is 1. The van der Waals surface area contributed by atoms with Crippen LogP contribution in [-0.2, 0) is 12.8 Å². The molecule has 3 aliphatic heterocycles. The van der Waals surface area contributed by atoms with Gasteiger partial charge in [-0.2, -0.15) is 5.10 Å². The van der Waals surface area contributed by atoms with E-state index >= 15 is 0 Å². The van der Waals surface area contributed by atoms with Crippen molar-refractivity contribution in [2.45, 2.75) is 50.7 Å². The molecule has 3 aromatic heterocycles. The normalized spacial score (nSPS) is 15.5. The zero-order chi connectivity index (χ0) is 37.2. The van der Waals surface area contributed by atoms with Gasteiger partial charge < -0.3 is 10.6 Å². The van der Waals surface area contributed by atoms with E-state index in [2.05, 4.69) is 143 Å². The van der Waals surface area contributed by atoms with Crippen molar-refractivity contribution < 1.29 is 9.14 Å². The summed E-state index contributed by atoms with van der Waals surface area (Å²) in [5.74, 6) is 2.06. The topological polar surface area (TPSA) is 69.3 Å². The molecule has 55 heavy (non-hydrogen) atoms. The summed E-state index contributed by atoms with van der Waals surface area (Å²) < 4.78 is 8.75. The van der Waals surface area contributed by atoms with Crippen LogP contribution in [0.5, 0.6) is 0 Å². The number of rotatable bonds is 6. The average Bonchev–Trinajstić information content (AvgIpc) is 4.01. The molecule has 2 fully saturated rings. The average molecular weight is 768 g/mol. The number of nitrogens with one attached hydrogen (secondary N) is 2. The number of nitrogens with zero attached hydrogens (tertiary/aromatic N) is 7. The summed E-state index contributed by atoms with van der Waals surface area (Å²) in [5, 5.41) is 17.1. The van der Waals surface area contributed by atoms with Crippen LogP contribution in [0.15, 0.2) is 115 Å². The van der Waals surface area contributed by atoms with Gasteiger partial charge in [0.1, 0.15) is 12.4 Å². The van der Waals surface area contributed by atoms with E-state index in [0.29, 0.717) is 0 Å². The lowest BCUT2D eigenvalue weighted by atomic mass is 10.1. The smallest absolute Gasteiger partial charge is 0.308 e. The van der Waals surface area contributed by atoms with E-state index in [9.17, 15) is 0 Å². The first-order valence-electron chi connectivity index (χ1n) is 19.5. The second kappa shape index (κ2) is 18.0. The van der Waals surface area contributed by atoms with E-state index in [1.807, 2.05) is 30.1 Å². The number of pyridine rings is 1. The molecule has 2 N–H and O–H groups in total. The number of para-hydroxylation sites is 3. The molecule has 0 amide bonds. The molecule has 9 rings (SSSR count). The molecule has 280 valence electrons. The van der Waals surface area contributed by atoms with E-state index in [1.165, 1.54) is 81.0 Å². The molecular weight excluding hydrogens is 719 g/mol. The van der Waals surface area contributed by atoms with E-state index in [1.54, 1.807) is 22.6 Å². The van der Waals surface area contributed by atoms with Crippen molar-refractivity contribution in [3.63, 3.8) is 0 Å². The minimum absolute atomic E-state index is 0.846. The van der Waals surface area contributed by atoms with Crippen molar-refractivity contribution in [1.82, 2.24) is 29.4 Å². The molecule has 6 aromatic rings. The van der Waals surface area contributed by atoms with Gasteiger partial charge in [-0.05, 0) is 116 Å². The Morgan fingerprint density at radius 3 is 2.45 bits per heavy atom. The number of thioether (sulfide) groups is 2. The largest absolute Gasteiger partial charge is 0.379 e. The summed E-state index contributed by atoms with van der Waals surface area (Å²) in [4.78, 5) is 7.05. The Morgan fingerprint density at radius 1 is 0.855 bits per heavy atom. The van der Waals surface area contributed by atoms with Crippen LogP contribution >= 0.6 is 23.5 Å². The number of likely N-dealkylation sites (tertiary alicyclic amines) is 1. The fourth-order valence-corrected chi connectivity index (χ4v) is 9.45. The van der Waals surface area contributed by atoms with Crippen LogP contribution in [0.25, 0.3) is 28.1 Å².